The number of benzene rings is 1. The van der Waals surface area contributed by atoms with Gasteiger partial charge in [0.25, 0.3) is 0 Å². The summed E-state index contributed by atoms with van der Waals surface area (Å²) in [6.45, 7) is 2.84. The number of carboxylic acid groups (broad SMARTS) is 1. The average molecular weight is 292 g/mol. The lowest BCUT2D eigenvalue weighted by molar-refractivity contribution is -0.141. The molecule has 2 unspecified atom stereocenters. The van der Waals surface area contributed by atoms with Gasteiger partial charge in [-0.1, -0.05) is 6.07 Å². The monoisotopic (exact) mass is 291 g/mol. The van der Waals surface area contributed by atoms with Crippen molar-refractivity contribution in [3.05, 3.63) is 35.4 Å². The summed E-state index contributed by atoms with van der Waals surface area (Å²) in [5, 5.41) is 8.92. The minimum Gasteiger partial charge on any atom is -0.481 e. The van der Waals surface area contributed by atoms with Crippen LogP contribution in [0.15, 0.2) is 18.2 Å². The Morgan fingerprint density at radius 3 is 2.68 bits per heavy atom. The van der Waals surface area contributed by atoms with Crippen LogP contribution < -0.4 is 0 Å². The van der Waals surface area contributed by atoms with Gasteiger partial charge in [-0.2, -0.15) is 0 Å². The van der Waals surface area contributed by atoms with Gasteiger partial charge in [-0.25, -0.2) is 8.78 Å². The molecule has 2 atom stereocenters. The maximum absolute atomic E-state index is 13.6. The molecule has 1 aromatic rings. The molecule has 0 radical (unpaired) electrons. The first-order valence-electron chi connectivity index (χ1n) is 5.91. The van der Waals surface area contributed by atoms with Crippen LogP contribution in [0.2, 0.25) is 0 Å². The number of halogens is 3. The fraction of sp³-hybridized carbons (Fsp3) is 0.462. The maximum Gasteiger partial charge on any atom is 0.307 e. The molecule has 2 rings (SSSR count). The largest absolute Gasteiger partial charge is 0.481 e. The van der Waals surface area contributed by atoms with Crippen LogP contribution in [0.1, 0.15) is 24.9 Å². The number of hydrogen-bond acceptors (Lipinski definition) is 2. The van der Waals surface area contributed by atoms with Gasteiger partial charge in [-0.15, -0.1) is 12.4 Å². The number of nitrogens with zero attached hydrogens (tertiary/aromatic N) is 1. The molecule has 3 nitrogen and oxygen atoms in total. The second-order valence-corrected chi connectivity index (χ2v) is 4.66. The Hall–Kier alpha value is -1.20. The molecule has 1 fully saturated rings. The van der Waals surface area contributed by atoms with Crippen LogP contribution in [0.3, 0.4) is 0 Å². The topological polar surface area (TPSA) is 40.5 Å². The Morgan fingerprint density at radius 2 is 2.16 bits per heavy atom. The van der Waals surface area contributed by atoms with E-state index < -0.39 is 23.5 Å². The van der Waals surface area contributed by atoms with E-state index in [0.717, 1.165) is 6.07 Å². The minimum absolute atomic E-state index is 0. The fourth-order valence-corrected chi connectivity index (χ4v) is 2.38. The SMILES string of the molecule is CC(c1ccc(F)cc1F)N1CCC(C(=O)O)C1.Cl. The summed E-state index contributed by atoms with van der Waals surface area (Å²) in [4.78, 5) is 12.8. The predicted molar refractivity (Wildman–Crippen MR) is 69.3 cm³/mol. The molecule has 1 saturated heterocycles. The molecule has 1 aliphatic rings. The van der Waals surface area contributed by atoms with Crippen LogP contribution in [0, 0.1) is 17.6 Å². The predicted octanol–water partition coefficient (Wildman–Crippen LogP) is 2.85. The highest BCUT2D eigenvalue weighted by atomic mass is 35.5. The zero-order valence-corrected chi connectivity index (χ0v) is 11.3. The number of rotatable bonds is 3. The zero-order chi connectivity index (χ0) is 13.3. The first kappa shape index (κ1) is 15.9. The van der Waals surface area contributed by atoms with Crippen molar-refractivity contribution in [2.45, 2.75) is 19.4 Å². The highest BCUT2D eigenvalue weighted by Crippen LogP contribution is 2.29. The van der Waals surface area contributed by atoms with Crippen molar-refractivity contribution in [3.8, 4) is 0 Å². The average Bonchev–Trinajstić information content (AvgIpc) is 2.77. The van der Waals surface area contributed by atoms with Gasteiger partial charge in [-0.3, -0.25) is 9.69 Å². The third-order valence-corrected chi connectivity index (χ3v) is 3.53. The van der Waals surface area contributed by atoms with Crippen molar-refractivity contribution < 1.29 is 18.7 Å². The molecular weight excluding hydrogens is 276 g/mol. The normalized spacial score (nSPS) is 20.9. The van der Waals surface area contributed by atoms with E-state index in [4.69, 9.17) is 5.11 Å². The Bertz CT molecular complexity index is 470. The summed E-state index contributed by atoms with van der Waals surface area (Å²) in [7, 11) is 0. The standard InChI is InChI=1S/C13H15F2NO2.ClH/c1-8(11-3-2-10(14)6-12(11)15)16-5-4-9(7-16)13(17)18;/h2-3,6,8-9H,4-5,7H2,1H3,(H,17,18);1H. The van der Waals surface area contributed by atoms with Crippen LogP contribution in [-0.4, -0.2) is 29.1 Å². The molecule has 1 N–H and O–H groups in total. The molecule has 6 heteroatoms. The van der Waals surface area contributed by atoms with Gasteiger partial charge in [0.15, 0.2) is 0 Å². The molecule has 0 aliphatic carbocycles. The van der Waals surface area contributed by atoms with Crippen LogP contribution >= 0.6 is 12.4 Å². The van der Waals surface area contributed by atoms with E-state index in [1.807, 2.05) is 4.90 Å². The molecule has 1 aromatic carbocycles. The second-order valence-electron chi connectivity index (χ2n) is 4.66. The third-order valence-electron chi connectivity index (χ3n) is 3.53. The molecule has 0 aromatic heterocycles. The fourth-order valence-electron chi connectivity index (χ4n) is 2.38. The van der Waals surface area contributed by atoms with E-state index in [1.165, 1.54) is 12.1 Å². The van der Waals surface area contributed by atoms with Crippen molar-refractivity contribution in [1.82, 2.24) is 4.90 Å². The summed E-state index contributed by atoms with van der Waals surface area (Å²) in [6.07, 6.45) is 0.572. The van der Waals surface area contributed by atoms with Gasteiger partial charge in [0, 0.05) is 24.2 Å². The first-order chi connectivity index (χ1) is 8.49. The smallest absolute Gasteiger partial charge is 0.307 e. The van der Waals surface area contributed by atoms with E-state index in [0.29, 0.717) is 25.1 Å². The van der Waals surface area contributed by atoms with Crippen LogP contribution in [0.5, 0.6) is 0 Å². The molecule has 106 valence electrons. The Morgan fingerprint density at radius 1 is 1.47 bits per heavy atom. The number of carboxylic acids is 1. The maximum atomic E-state index is 13.6. The summed E-state index contributed by atoms with van der Waals surface area (Å²) < 4.78 is 26.5. The lowest BCUT2D eigenvalue weighted by atomic mass is 10.1. The summed E-state index contributed by atoms with van der Waals surface area (Å²) in [5.74, 6) is -2.39. The van der Waals surface area contributed by atoms with Crippen molar-refractivity contribution in [3.63, 3.8) is 0 Å². The zero-order valence-electron chi connectivity index (χ0n) is 10.5. The quantitative estimate of drug-likeness (QED) is 0.931. The molecule has 1 heterocycles. The number of carbonyl (C=O) groups is 1. The van der Waals surface area contributed by atoms with E-state index in [9.17, 15) is 13.6 Å². The van der Waals surface area contributed by atoms with Crippen LogP contribution in [0.4, 0.5) is 8.78 Å². The number of likely N-dealkylation sites (tertiary alicyclic amines) is 1. The molecular formula is C13H16ClF2NO2. The minimum atomic E-state index is -0.815. The first-order valence-corrected chi connectivity index (χ1v) is 5.91. The van der Waals surface area contributed by atoms with E-state index in [2.05, 4.69) is 0 Å². The van der Waals surface area contributed by atoms with Crippen LogP contribution in [0.25, 0.3) is 0 Å². The van der Waals surface area contributed by atoms with Gasteiger partial charge < -0.3 is 5.11 Å². The number of aliphatic carboxylic acids is 1. The number of hydrogen-bond donors (Lipinski definition) is 1. The Kier molecular flexibility index (Phi) is 5.26. The van der Waals surface area contributed by atoms with Crippen molar-refractivity contribution >= 4 is 18.4 Å². The second kappa shape index (κ2) is 6.30. The summed E-state index contributed by atoms with van der Waals surface area (Å²) in [6, 6.07) is 3.26. The molecule has 0 bridgehead atoms. The highest BCUT2D eigenvalue weighted by Gasteiger charge is 2.31. The summed E-state index contributed by atoms with van der Waals surface area (Å²) in [5.41, 5.74) is 0.405. The van der Waals surface area contributed by atoms with Gasteiger partial charge in [0.1, 0.15) is 11.6 Å². The van der Waals surface area contributed by atoms with Gasteiger partial charge in [0.2, 0.25) is 0 Å². The van der Waals surface area contributed by atoms with Crippen molar-refractivity contribution in [2.75, 3.05) is 13.1 Å². The lowest BCUT2D eigenvalue weighted by Gasteiger charge is -2.24. The van der Waals surface area contributed by atoms with E-state index >= 15 is 0 Å². The molecule has 0 amide bonds. The highest BCUT2D eigenvalue weighted by molar-refractivity contribution is 5.85. The van der Waals surface area contributed by atoms with Crippen molar-refractivity contribution in [2.24, 2.45) is 5.92 Å². The summed E-state index contributed by atoms with van der Waals surface area (Å²) >= 11 is 0. The third kappa shape index (κ3) is 3.42. The van der Waals surface area contributed by atoms with Gasteiger partial charge in [-0.05, 0) is 26.0 Å². The molecule has 0 saturated carbocycles. The van der Waals surface area contributed by atoms with E-state index in [1.54, 1.807) is 6.92 Å². The van der Waals surface area contributed by atoms with E-state index in [-0.39, 0.29) is 18.4 Å². The lowest BCUT2D eigenvalue weighted by Crippen LogP contribution is -2.26. The Labute approximate surface area is 116 Å². The Balaban J connectivity index is 0.00000180. The molecule has 0 spiro atoms. The van der Waals surface area contributed by atoms with Crippen molar-refractivity contribution in [1.29, 1.82) is 0 Å². The van der Waals surface area contributed by atoms with Crippen LogP contribution in [-0.2, 0) is 4.79 Å². The molecule has 19 heavy (non-hydrogen) atoms. The van der Waals surface area contributed by atoms with Gasteiger partial charge >= 0.3 is 5.97 Å². The van der Waals surface area contributed by atoms with Gasteiger partial charge in [0.05, 0.1) is 5.92 Å². The molecule has 1 aliphatic heterocycles.